The number of hydrogen-bond acceptors (Lipinski definition) is 2. The second-order valence-electron chi connectivity index (χ2n) is 4.83. The molecule has 1 aliphatic rings. The first-order valence-corrected chi connectivity index (χ1v) is 5.55. The maximum atomic E-state index is 5.96. The van der Waals surface area contributed by atoms with Gasteiger partial charge in [0.05, 0.1) is 12.3 Å². The molecule has 0 radical (unpaired) electrons. The fraction of sp³-hybridized carbons (Fsp3) is 0.667. The Morgan fingerprint density at radius 1 is 1.47 bits per heavy atom. The van der Waals surface area contributed by atoms with Crippen molar-refractivity contribution in [2.24, 2.45) is 0 Å². The minimum absolute atomic E-state index is 0.204. The fourth-order valence-corrected chi connectivity index (χ4v) is 2.23. The van der Waals surface area contributed by atoms with E-state index in [0.29, 0.717) is 6.04 Å². The molecule has 84 valence electrons. The van der Waals surface area contributed by atoms with E-state index >= 15 is 0 Å². The summed E-state index contributed by atoms with van der Waals surface area (Å²) in [6.07, 6.45) is 0. The molecule has 2 atom stereocenters. The molecular weight excluding hydrogens is 188 g/mol. The highest BCUT2D eigenvalue weighted by atomic mass is 16.5. The third-order valence-electron chi connectivity index (χ3n) is 3.12. The van der Waals surface area contributed by atoms with Crippen LogP contribution in [0.3, 0.4) is 0 Å². The van der Waals surface area contributed by atoms with Gasteiger partial charge in [-0.25, -0.2) is 0 Å². The van der Waals surface area contributed by atoms with Crippen LogP contribution >= 0.6 is 0 Å². The van der Waals surface area contributed by atoms with Gasteiger partial charge in [0, 0.05) is 18.3 Å². The topological polar surface area (TPSA) is 37.0 Å². The molecule has 1 aliphatic heterocycles. The lowest BCUT2D eigenvalue weighted by atomic mass is 9.97. The highest BCUT2D eigenvalue weighted by molar-refractivity contribution is 5.29. The summed E-state index contributed by atoms with van der Waals surface area (Å²) in [5, 5.41) is 3.46. The lowest BCUT2D eigenvalue weighted by molar-refractivity contribution is -0.0756. The van der Waals surface area contributed by atoms with E-state index in [1.165, 1.54) is 17.0 Å². The monoisotopic (exact) mass is 208 g/mol. The van der Waals surface area contributed by atoms with Crippen LogP contribution in [0.4, 0.5) is 0 Å². The van der Waals surface area contributed by atoms with Crippen LogP contribution in [0.15, 0.2) is 6.07 Å². The van der Waals surface area contributed by atoms with E-state index in [1.54, 1.807) is 0 Å². The lowest BCUT2D eigenvalue weighted by Crippen LogP contribution is -2.50. The molecule has 0 aromatic carbocycles. The van der Waals surface area contributed by atoms with E-state index in [1.807, 2.05) is 0 Å². The molecule has 2 N–H and O–H groups in total. The van der Waals surface area contributed by atoms with Crippen LogP contribution in [0.25, 0.3) is 0 Å². The summed E-state index contributed by atoms with van der Waals surface area (Å²) in [6, 6.07) is 2.62. The number of aromatic nitrogens is 1. The van der Waals surface area contributed by atoms with Gasteiger partial charge in [-0.2, -0.15) is 0 Å². The number of aromatic amines is 1. The van der Waals surface area contributed by atoms with Gasteiger partial charge in [-0.3, -0.25) is 0 Å². The third kappa shape index (κ3) is 1.94. The number of nitrogens with one attached hydrogen (secondary N) is 2. The minimum atomic E-state index is -0.204. The van der Waals surface area contributed by atoms with Crippen molar-refractivity contribution in [1.82, 2.24) is 10.3 Å². The maximum Gasteiger partial charge on any atom is 0.118 e. The van der Waals surface area contributed by atoms with E-state index in [2.05, 4.69) is 44.1 Å². The number of ether oxygens (including phenoxy) is 1. The van der Waals surface area contributed by atoms with Gasteiger partial charge in [0.15, 0.2) is 0 Å². The summed E-state index contributed by atoms with van der Waals surface area (Å²) in [6.45, 7) is 10.1. The highest BCUT2D eigenvalue weighted by Crippen LogP contribution is 2.29. The predicted molar refractivity (Wildman–Crippen MR) is 61.0 cm³/mol. The van der Waals surface area contributed by atoms with Gasteiger partial charge in [-0.15, -0.1) is 0 Å². The summed E-state index contributed by atoms with van der Waals surface area (Å²) in [5.41, 5.74) is 3.49. The second-order valence-corrected chi connectivity index (χ2v) is 4.83. The van der Waals surface area contributed by atoms with Crippen molar-refractivity contribution in [2.75, 3.05) is 13.2 Å². The number of morpholine rings is 1. The van der Waals surface area contributed by atoms with Gasteiger partial charge in [0.1, 0.15) is 5.60 Å². The Kier molecular flexibility index (Phi) is 2.61. The summed E-state index contributed by atoms with van der Waals surface area (Å²) >= 11 is 0. The SMILES string of the molecule is Cc1cc(C)c(C2(C)CNC(C)CO2)[nH]1. The van der Waals surface area contributed by atoms with Crippen LogP contribution in [-0.2, 0) is 10.3 Å². The van der Waals surface area contributed by atoms with Crippen molar-refractivity contribution in [1.29, 1.82) is 0 Å². The first kappa shape index (κ1) is 10.7. The van der Waals surface area contributed by atoms with Crippen LogP contribution in [0.2, 0.25) is 0 Å². The molecule has 0 spiro atoms. The molecule has 15 heavy (non-hydrogen) atoms. The third-order valence-corrected chi connectivity index (χ3v) is 3.12. The first-order chi connectivity index (χ1) is 7.01. The summed E-state index contributed by atoms with van der Waals surface area (Å²) < 4.78 is 5.96. The van der Waals surface area contributed by atoms with E-state index in [-0.39, 0.29) is 5.60 Å². The van der Waals surface area contributed by atoms with Crippen molar-refractivity contribution in [2.45, 2.75) is 39.3 Å². The molecule has 2 rings (SSSR count). The standard InChI is InChI=1S/C12H20N2O/c1-8-5-9(2)14-11(8)12(4)7-13-10(3)6-15-12/h5,10,13-14H,6-7H2,1-4H3. The van der Waals surface area contributed by atoms with Gasteiger partial charge in [0.2, 0.25) is 0 Å². The Hall–Kier alpha value is -0.800. The van der Waals surface area contributed by atoms with Gasteiger partial charge < -0.3 is 15.0 Å². The van der Waals surface area contributed by atoms with Crippen LogP contribution in [0.1, 0.15) is 30.8 Å². The molecule has 1 aromatic heterocycles. The molecule has 1 saturated heterocycles. The Labute approximate surface area is 91.2 Å². The zero-order valence-electron chi connectivity index (χ0n) is 9.98. The van der Waals surface area contributed by atoms with E-state index in [4.69, 9.17) is 4.74 Å². The molecule has 3 heteroatoms. The van der Waals surface area contributed by atoms with Crippen molar-refractivity contribution in [3.8, 4) is 0 Å². The largest absolute Gasteiger partial charge is 0.366 e. The van der Waals surface area contributed by atoms with E-state index < -0.39 is 0 Å². The Balaban J connectivity index is 2.25. The molecule has 0 amide bonds. The summed E-state index contributed by atoms with van der Waals surface area (Å²) in [7, 11) is 0. The average molecular weight is 208 g/mol. The molecule has 1 fully saturated rings. The van der Waals surface area contributed by atoms with Gasteiger partial charge >= 0.3 is 0 Å². The number of H-pyrrole nitrogens is 1. The zero-order chi connectivity index (χ0) is 11.1. The van der Waals surface area contributed by atoms with Gasteiger partial charge in [-0.1, -0.05) is 0 Å². The molecule has 0 aliphatic carbocycles. The highest BCUT2D eigenvalue weighted by Gasteiger charge is 2.34. The van der Waals surface area contributed by atoms with E-state index in [0.717, 1.165) is 13.2 Å². The second kappa shape index (κ2) is 3.65. The number of rotatable bonds is 1. The number of hydrogen-bond donors (Lipinski definition) is 2. The molecule has 0 saturated carbocycles. The Morgan fingerprint density at radius 3 is 2.67 bits per heavy atom. The molecule has 0 bridgehead atoms. The van der Waals surface area contributed by atoms with Crippen molar-refractivity contribution in [3.63, 3.8) is 0 Å². The number of aryl methyl sites for hydroxylation is 2. The molecular formula is C12H20N2O. The maximum absolute atomic E-state index is 5.96. The molecule has 1 aromatic rings. The normalized spacial score (nSPS) is 31.9. The van der Waals surface area contributed by atoms with Crippen molar-refractivity contribution >= 4 is 0 Å². The zero-order valence-corrected chi connectivity index (χ0v) is 9.98. The Morgan fingerprint density at radius 2 is 2.20 bits per heavy atom. The summed E-state index contributed by atoms with van der Waals surface area (Å²) in [5.74, 6) is 0. The lowest BCUT2D eigenvalue weighted by Gasteiger charge is -2.37. The summed E-state index contributed by atoms with van der Waals surface area (Å²) in [4.78, 5) is 3.40. The predicted octanol–water partition coefficient (Wildman–Crippen LogP) is 1.86. The van der Waals surface area contributed by atoms with Crippen LogP contribution in [0, 0.1) is 13.8 Å². The van der Waals surface area contributed by atoms with Crippen LogP contribution in [0.5, 0.6) is 0 Å². The molecule has 2 heterocycles. The Bertz CT molecular complexity index is 349. The average Bonchev–Trinajstić information content (AvgIpc) is 2.52. The fourth-order valence-electron chi connectivity index (χ4n) is 2.23. The smallest absolute Gasteiger partial charge is 0.118 e. The van der Waals surface area contributed by atoms with Crippen molar-refractivity contribution in [3.05, 3.63) is 23.0 Å². The van der Waals surface area contributed by atoms with Crippen LogP contribution in [-0.4, -0.2) is 24.2 Å². The quantitative estimate of drug-likeness (QED) is 0.739. The van der Waals surface area contributed by atoms with Crippen molar-refractivity contribution < 1.29 is 4.74 Å². The molecule has 2 unspecified atom stereocenters. The molecule has 3 nitrogen and oxygen atoms in total. The van der Waals surface area contributed by atoms with E-state index in [9.17, 15) is 0 Å². The van der Waals surface area contributed by atoms with Crippen LogP contribution < -0.4 is 5.32 Å². The first-order valence-electron chi connectivity index (χ1n) is 5.55. The van der Waals surface area contributed by atoms with Gasteiger partial charge in [-0.05, 0) is 39.3 Å². The minimum Gasteiger partial charge on any atom is -0.366 e. The van der Waals surface area contributed by atoms with Gasteiger partial charge in [0.25, 0.3) is 0 Å².